The Bertz CT molecular complexity index is 1010. The molecule has 0 aliphatic carbocycles. The van der Waals surface area contributed by atoms with Gasteiger partial charge in [-0.25, -0.2) is 13.2 Å². The van der Waals surface area contributed by atoms with E-state index >= 15 is 0 Å². The van der Waals surface area contributed by atoms with E-state index < -0.39 is 23.1 Å². The number of benzene rings is 2. The van der Waals surface area contributed by atoms with Crippen LogP contribution >= 0.6 is 11.6 Å². The van der Waals surface area contributed by atoms with Crippen molar-refractivity contribution in [2.45, 2.75) is 0 Å². The van der Waals surface area contributed by atoms with Gasteiger partial charge in [0.1, 0.15) is 11.5 Å². The molecule has 0 unspecified atom stereocenters. The van der Waals surface area contributed by atoms with Gasteiger partial charge >= 0.3 is 0 Å². The van der Waals surface area contributed by atoms with E-state index in [1.165, 1.54) is 4.90 Å². The molecule has 6 nitrogen and oxygen atoms in total. The summed E-state index contributed by atoms with van der Waals surface area (Å²) in [6, 6.07) is 7.80. The Hall–Kier alpha value is -2.78. The molecule has 2 aromatic carbocycles. The molecule has 1 aliphatic rings. The summed E-state index contributed by atoms with van der Waals surface area (Å²) < 4.78 is 49.0. The number of halogens is 4. The second kappa shape index (κ2) is 7.69. The Morgan fingerprint density at radius 3 is 2.61 bits per heavy atom. The number of H-pyrrole nitrogens is 1. The van der Waals surface area contributed by atoms with Gasteiger partial charge in [0.25, 0.3) is 0 Å². The van der Waals surface area contributed by atoms with Crippen LogP contribution in [0.25, 0.3) is 11.4 Å². The number of ether oxygens (including phenoxy) is 1. The van der Waals surface area contributed by atoms with E-state index in [0.29, 0.717) is 23.9 Å². The maximum atomic E-state index is 14.7. The highest BCUT2D eigenvalue weighted by molar-refractivity contribution is 6.33. The van der Waals surface area contributed by atoms with Crippen LogP contribution in [0.4, 0.5) is 30.5 Å². The maximum absolute atomic E-state index is 14.7. The van der Waals surface area contributed by atoms with E-state index in [4.69, 9.17) is 16.3 Å². The maximum Gasteiger partial charge on any atom is 0.246 e. The van der Waals surface area contributed by atoms with Crippen molar-refractivity contribution >= 4 is 28.9 Å². The molecule has 0 amide bonds. The number of morpholine rings is 1. The quantitative estimate of drug-likeness (QED) is 0.634. The van der Waals surface area contributed by atoms with Crippen LogP contribution in [0.15, 0.2) is 30.3 Å². The minimum atomic E-state index is -1.27. The van der Waals surface area contributed by atoms with Gasteiger partial charge in [0.2, 0.25) is 5.95 Å². The average molecular weight is 410 g/mol. The Morgan fingerprint density at radius 2 is 1.86 bits per heavy atom. The normalized spacial score (nSPS) is 14.4. The van der Waals surface area contributed by atoms with Crippen molar-refractivity contribution in [3.63, 3.8) is 0 Å². The van der Waals surface area contributed by atoms with Crippen LogP contribution in [0.5, 0.6) is 0 Å². The summed E-state index contributed by atoms with van der Waals surface area (Å²) in [6.45, 7) is 1.20. The van der Waals surface area contributed by atoms with E-state index in [-0.39, 0.29) is 30.4 Å². The minimum absolute atomic E-state index is 0.0839. The van der Waals surface area contributed by atoms with Gasteiger partial charge in [0.15, 0.2) is 17.5 Å². The second-order valence-electron chi connectivity index (χ2n) is 6.09. The Morgan fingerprint density at radius 1 is 1.11 bits per heavy atom. The number of para-hydroxylation sites is 1. The zero-order valence-electron chi connectivity index (χ0n) is 14.5. The highest BCUT2D eigenvalue weighted by Gasteiger charge is 2.26. The fourth-order valence-corrected chi connectivity index (χ4v) is 3.14. The Labute approximate surface area is 163 Å². The summed E-state index contributed by atoms with van der Waals surface area (Å²) >= 11 is 6.05. The fraction of sp³-hybridized carbons (Fsp3) is 0.222. The summed E-state index contributed by atoms with van der Waals surface area (Å²) in [7, 11) is 0. The predicted molar refractivity (Wildman–Crippen MR) is 99.5 cm³/mol. The summed E-state index contributed by atoms with van der Waals surface area (Å²) in [5, 5.41) is 9.67. The molecule has 3 aromatic rings. The van der Waals surface area contributed by atoms with E-state index in [9.17, 15) is 13.2 Å². The number of nitrogens with one attached hydrogen (secondary N) is 2. The van der Waals surface area contributed by atoms with Crippen LogP contribution in [0.2, 0.25) is 5.02 Å². The first-order chi connectivity index (χ1) is 13.5. The SMILES string of the molecule is Fc1cc(-c2nc(Nc3ccccc3Cl)n[nH]2)c(F)c(F)c1N1CCOCC1. The van der Waals surface area contributed by atoms with E-state index in [2.05, 4.69) is 20.5 Å². The molecule has 0 radical (unpaired) electrons. The summed E-state index contributed by atoms with van der Waals surface area (Å²) in [5.41, 5.74) is -0.222. The lowest BCUT2D eigenvalue weighted by Gasteiger charge is -2.29. The topological polar surface area (TPSA) is 66.1 Å². The number of rotatable bonds is 4. The minimum Gasteiger partial charge on any atom is -0.378 e. The van der Waals surface area contributed by atoms with E-state index in [0.717, 1.165) is 6.07 Å². The third-order valence-corrected chi connectivity index (χ3v) is 4.65. The molecule has 0 atom stereocenters. The number of hydrogen-bond acceptors (Lipinski definition) is 5. The monoisotopic (exact) mass is 409 g/mol. The highest BCUT2D eigenvalue weighted by Crippen LogP contribution is 2.33. The third kappa shape index (κ3) is 3.50. The molecule has 146 valence electrons. The molecule has 1 fully saturated rings. The zero-order chi connectivity index (χ0) is 19.7. The van der Waals surface area contributed by atoms with Crippen molar-refractivity contribution in [3.05, 3.63) is 52.8 Å². The van der Waals surface area contributed by atoms with Crippen molar-refractivity contribution in [3.8, 4) is 11.4 Å². The van der Waals surface area contributed by atoms with Crippen molar-refractivity contribution in [2.24, 2.45) is 0 Å². The van der Waals surface area contributed by atoms with Gasteiger partial charge in [-0.05, 0) is 18.2 Å². The smallest absolute Gasteiger partial charge is 0.246 e. The molecular weight excluding hydrogens is 395 g/mol. The summed E-state index contributed by atoms with van der Waals surface area (Å²) in [5.74, 6) is -3.39. The molecule has 2 heterocycles. The molecule has 1 aliphatic heterocycles. The largest absolute Gasteiger partial charge is 0.378 e. The lowest BCUT2D eigenvalue weighted by molar-refractivity contribution is 0.122. The van der Waals surface area contributed by atoms with Gasteiger partial charge in [-0.1, -0.05) is 23.7 Å². The molecule has 10 heteroatoms. The lowest BCUT2D eigenvalue weighted by Crippen LogP contribution is -2.37. The van der Waals surface area contributed by atoms with Crippen molar-refractivity contribution in [1.82, 2.24) is 15.2 Å². The van der Waals surface area contributed by atoms with Crippen LogP contribution in [-0.2, 0) is 4.74 Å². The van der Waals surface area contributed by atoms with Gasteiger partial charge in [0, 0.05) is 13.1 Å². The molecule has 2 N–H and O–H groups in total. The highest BCUT2D eigenvalue weighted by atomic mass is 35.5. The molecule has 0 bridgehead atoms. The summed E-state index contributed by atoms with van der Waals surface area (Å²) in [6.07, 6.45) is 0. The van der Waals surface area contributed by atoms with Gasteiger partial charge in [0.05, 0.1) is 29.5 Å². The molecule has 1 saturated heterocycles. The van der Waals surface area contributed by atoms with Gasteiger partial charge in [-0.15, -0.1) is 5.10 Å². The summed E-state index contributed by atoms with van der Waals surface area (Å²) in [4.78, 5) is 5.48. The third-order valence-electron chi connectivity index (χ3n) is 4.32. The number of hydrogen-bond donors (Lipinski definition) is 2. The van der Waals surface area contributed by atoms with Crippen molar-refractivity contribution in [1.29, 1.82) is 0 Å². The zero-order valence-corrected chi connectivity index (χ0v) is 15.2. The Kier molecular flexibility index (Phi) is 5.10. The molecule has 4 rings (SSSR count). The van der Waals surface area contributed by atoms with E-state index in [1.54, 1.807) is 24.3 Å². The van der Waals surface area contributed by atoms with Gasteiger partial charge in [-0.3, -0.25) is 5.10 Å². The van der Waals surface area contributed by atoms with Gasteiger partial charge in [-0.2, -0.15) is 4.98 Å². The lowest BCUT2D eigenvalue weighted by atomic mass is 10.1. The van der Waals surface area contributed by atoms with Crippen LogP contribution < -0.4 is 10.2 Å². The molecule has 1 aromatic heterocycles. The molecule has 0 spiro atoms. The first kappa shape index (κ1) is 18.6. The molecule has 28 heavy (non-hydrogen) atoms. The number of anilines is 3. The first-order valence-electron chi connectivity index (χ1n) is 8.49. The van der Waals surface area contributed by atoms with Crippen LogP contribution in [0.1, 0.15) is 0 Å². The van der Waals surface area contributed by atoms with Gasteiger partial charge < -0.3 is 15.0 Å². The van der Waals surface area contributed by atoms with Crippen LogP contribution in [0.3, 0.4) is 0 Å². The predicted octanol–water partition coefficient (Wildman–Crippen LogP) is 4.12. The van der Waals surface area contributed by atoms with Crippen LogP contribution in [-0.4, -0.2) is 41.5 Å². The first-order valence-corrected chi connectivity index (χ1v) is 8.87. The van der Waals surface area contributed by atoms with Crippen molar-refractivity contribution < 1.29 is 17.9 Å². The number of nitrogens with zero attached hydrogens (tertiary/aromatic N) is 3. The number of aromatic amines is 1. The Balaban J connectivity index is 1.65. The van der Waals surface area contributed by atoms with E-state index in [1.807, 2.05) is 0 Å². The standard InChI is InChI=1S/C18H15ClF3N5O/c19-11-3-1-2-4-13(11)23-18-24-17(25-26-18)10-9-12(20)16(15(22)14(10)21)27-5-7-28-8-6-27/h1-4,9H,5-8H2,(H2,23,24,25,26). The van der Waals surface area contributed by atoms with Crippen molar-refractivity contribution in [2.75, 3.05) is 36.5 Å². The fourth-order valence-electron chi connectivity index (χ4n) is 2.96. The second-order valence-corrected chi connectivity index (χ2v) is 6.50. The average Bonchev–Trinajstić information content (AvgIpc) is 3.16. The molecular formula is C18H15ClF3N5O. The van der Waals surface area contributed by atoms with Crippen LogP contribution in [0, 0.1) is 17.5 Å². The molecule has 0 saturated carbocycles. The number of aromatic nitrogens is 3.